The second-order valence-corrected chi connectivity index (χ2v) is 8.29. The van der Waals surface area contributed by atoms with Crippen LogP contribution in [0, 0.1) is 5.82 Å². The van der Waals surface area contributed by atoms with E-state index in [0.29, 0.717) is 5.75 Å². The van der Waals surface area contributed by atoms with Crippen molar-refractivity contribution in [2.45, 2.75) is 30.8 Å². The van der Waals surface area contributed by atoms with Crippen molar-refractivity contribution < 1.29 is 17.6 Å². The van der Waals surface area contributed by atoms with Gasteiger partial charge in [0.25, 0.3) is 0 Å². The van der Waals surface area contributed by atoms with Crippen molar-refractivity contribution in [2.24, 2.45) is 0 Å². The third kappa shape index (κ3) is 3.28. The van der Waals surface area contributed by atoms with Crippen molar-refractivity contribution in [3.05, 3.63) is 30.1 Å². The summed E-state index contributed by atoms with van der Waals surface area (Å²) in [5, 5.41) is 0. The Labute approximate surface area is 134 Å². The number of rotatable bonds is 4. The topological polar surface area (TPSA) is 57.7 Å². The Bertz CT molecular complexity index is 647. The zero-order valence-electron chi connectivity index (χ0n) is 12.7. The van der Waals surface area contributed by atoms with E-state index in [1.807, 2.05) is 13.8 Å². The Morgan fingerprint density at radius 2 is 1.95 bits per heavy atom. The van der Waals surface area contributed by atoms with E-state index in [1.165, 1.54) is 28.2 Å². The molecule has 1 aliphatic heterocycles. The van der Waals surface area contributed by atoms with Crippen molar-refractivity contribution in [3.63, 3.8) is 0 Å². The number of likely N-dealkylation sites (N-methyl/N-ethyl adjacent to an activating group) is 1. The number of carbonyl (C=O) groups excluding carboxylic acids is 1. The Balaban J connectivity index is 2.30. The first-order chi connectivity index (χ1) is 10.2. The van der Waals surface area contributed by atoms with E-state index in [2.05, 4.69) is 0 Å². The van der Waals surface area contributed by atoms with Gasteiger partial charge in [0, 0.05) is 18.8 Å². The van der Waals surface area contributed by atoms with Crippen LogP contribution >= 0.6 is 11.8 Å². The van der Waals surface area contributed by atoms with E-state index >= 15 is 0 Å². The van der Waals surface area contributed by atoms with Crippen molar-refractivity contribution in [1.82, 2.24) is 9.21 Å². The molecule has 0 aromatic heterocycles. The molecule has 0 aliphatic carbocycles. The average molecular weight is 346 g/mol. The van der Waals surface area contributed by atoms with Gasteiger partial charge in [-0.1, -0.05) is 0 Å². The predicted molar refractivity (Wildman–Crippen MR) is 84.4 cm³/mol. The molecule has 0 saturated carbocycles. The highest BCUT2D eigenvalue weighted by Crippen LogP contribution is 2.29. The molecule has 1 aromatic carbocycles. The fraction of sp³-hybridized carbons (Fsp3) is 0.500. The van der Waals surface area contributed by atoms with Crippen LogP contribution in [-0.4, -0.2) is 54.3 Å². The zero-order valence-corrected chi connectivity index (χ0v) is 14.3. The molecule has 122 valence electrons. The number of halogens is 1. The molecule has 0 radical (unpaired) electrons. The molecule has 1 heterocycles. The summed E-state index contributed by atoms with van der Waals surface area (Å²) in [4.78, 5) is 14.0. The SMILES string of the molecule is CC(C)N(C)C(=O)[C@@H]1CSCN1S(=O)(=O)c1ccc(F)cc1. The van der Waals surface area contributed by atoms with Crippen LogP contribution < -0.4 is 0 Å². The molecule has 0 N–H and O–H groups in total. The van der Waals surface area contributed by atoms with Gasteiger partial charge in [0.2, 0.25) is 15.9 Å². The third-order valence-electron chi connectivity index (χ3n) is 3.67. The van der Waals surface area contributed by atoms with Crippen LogP contribution in [0.4, 0.5) is 4.39 Å². The lowest BCUT2D eigenvalue weighted by Gasteiger charge is -2.29. The summed E-state index contributed by atoms with van der Waals surface area (Å²) in [5.74, 6) is -0.0640. The highest BCUT2D eigenvalue weighted by atomic mass is 32.2. The smallest absolute Gasteiger partial charge is 0.244 e. The second kappa shape index (κ2) is 6.55. The van der Waals surface area contributed by atoms with Crippen LogP contribution in [0.25, 0.3) is 0 Å². The summed E-state index contributed by atoms with van der Waals surface area (Å²) in [6.07, 6.45) is 0. The molecule has 1 aromatic rings. The number of sulfonamides is 1. The molecule has 0 unspecified atom stereocenters. The van der Waals surface area contributed by atoms with Gasteiger partial charge in [0.05, 0.1) is 10.8 Å². The fourth-order valence-corrected chi connectivity index (χ4v) is 5.22. The molecule has 1 aliphatic rings. The van der Waals surface area contributed by atoms with Crippen LogP contribution in [0.2, 0.25) is 0 Å². The predicted octanol–water partition coefficient (Wildman–Crippen LogP) is 1.76. The molecular formula is C14H19FN2O3S2. The van der Waals surface area contributed by atoms with Crippen LogP contribution in [0.3, 0.4) is 0 Å². The quantitative estimate of drug-likeness (QED) is 0.833. The van der Waals surface area contributed by atoms with Gasteiger partial charge in [0.15, 0.2) is 0 Å². The van der Waals surface area contributed by atoms with Gasteiger partial charge in [0.1, 0.15) is 11.9 Å². The summed E-state index contributed by atoms with van der Waals surface area (Å²) in [7, 11) is -2.15. The van der Waals surface area contributed by atoms with Gasteiger partial charge >= 0.3 is 0 Å². The van der Waals surface area contributed by atoms with E-state index in [4.69, 9.17) is 0 Å². The fourth-order valence-electron chi connectivity index (χ4n) is 2.09. The van der Waals surface area contributed by atoms with E-state index in [9.17, 15) is 17.6 Å². The Kier molecular flexibility index (Phi) is 5.14. The maximum absolute atomic E-state index is 13.0. The van der Waals surface area contributed by atoms with Crippen LogP contribution in [-0.2, 0) is 14.8 Å². The number of benzene rings is 1. The monoisotopic (exact) mass is 346 g/mol. The Morgan fingerprint density at radius 3 is 2.50 bits per heavy atom. The number of carbonyl (C=O) groups is 1. The third-order valence-corrected chi connectivity index (χ3v) is 6.71. The minimum absolute atomic E-state index is 0.00130. The molecule has 2 rings (SSSR count). The van der Waals surface area contributed by atoms with Crippen LogP contribution in [0.1, 0.15) is 13.8 Å². The lowest BCUT2D eigenvalue weighted by Crippen LogP contribution is -2.49. The van der Waals surface area contributed by atoms with Crippen molar-refractivity contribution in [3.8, 4) is 0 Å². The van der Waals surface area contributed by atoms with Crippen LogP contribution in [0.5, 0.6) is 0 Å². The molecular weight excluding hydrogens is 327 g/mol. The van der Waals surface area contributed by atoms with Gasteiger partial charge in [-0.05, 0) is 38.1 Å². The zero-order chi connectivity index (χ0) is 16.5. The van der Waals surface area contributed by atoms with Crippen molar-refractivity contribution in [1.29, 1.82) is 0 Å². The molecule has 1 amide bonds. The molecule has 1 saturated heterocycles. The first-order valence-corrected chi connectivity index (χ1v) is 9.46. The number of thioether (sulfide) groups is 1. The second-order valence-electron chi connectivity index (χ2n) is 5.40. The number of hydrogen-bond donors (Lipinski definition) is 0. The van der Waals surface area contributed by atoms with Crippen molar-refractivity contribution >= 4 is 27.7 Å². The molecule has 5 nitrogen and oxygen atoms in total. The number of hydrogen-bond acceptors (Lipinski definition) is 4. The highest BCUT2D eigenvalue weighted by Gasteiger charge is 2.41. The number of amides is 1. The maximum Gasteiger partial charge on any atom is 0.244 e. The van der Waals surface area contributed by atoms with E-state index in [-0.39, 0.29) is 22.7 Å². The van der Waals surface area contributed by atoms with Gasteiger partial charge < -0.3 is 4.90 Å². The normalized spacial score (nSPS) is 19.6. The van der Waals surface area contributed by atoms with Crippen LogP contribution in [0.15, 0.2) is 29.2 Å². The molecule has 0 bridgehead atoms. The first kappa shape index (κ1) is 17.2. The standard InChI is InChI=1S/C14H19FN2O3S2/c1-10(2)16(3)14(18)13-8-21-9-17(13)22(19,20)12-6-4-11(15)5-7-12/h4-7,10,13H,8-9H2,1-3H3/t13-/m0/s1. The molecule has 8 heteroatoms. The molecule has 1 atom stereocenters. The minimum atomic E-state index is -3.81. The summed E-state index contributed by atoms with van der Waals surface area (Å²) in [6, 6.07) is 3.93. The molecule has 22 heavy (non-hydrogen) atoms. The Hall–Kier alpha value is -1.12. The van der Waals surface area contributed by atoms with Gasteiger partial charge in [-0.3, -0.25) is 4.79 Å². The molecule has 1 fully saturated rings. The van der Waals surface area contributed by atoms with Gasteiger partial charge in [-0.15, -0.1) is 11.8 Å². The Morgan fingerprint density at radius 1 is 1.36 bits per heavy atom. The number of nitrogens with zero attached hydrogens (tertiary/aromatic N) is 2. The average Bonchev–Trinajstić information content (AvgIpc) is 2.96. The molecule has 0 spiro atoms. The summed E-state index contributed by atoms with van der Waals surface area (Å²) in [5.41, 5.74) is 0. The minimum Gasteiger partial charge on any atom is -0.342 e. The largest absolute Gasteiger partial charge is 0.342 e. The van der Waals surface area contributed by atoms with Crippen molar-refractivity contribution in [2.75, 3.05) is 18.7 Å². The van der Waals surface area contributed by atoms with Gasteiger partial charge in [-0.25, -0.2) is 12.8 Å². The lowest BCUT2D eigenvalue weighted by molar-refractivity contribution is -0.134. The van der Waals surface area contributed by atoms with E-state index in [0.717, 1.165) is 12.1 Å². The summed E-state index contributed by atoms with van der Waals surface area (Å²) < 4.78 is 39.5. The first-order valence-electron chi connectivity index (χ1n) is 6.87. The maximum atomic E-state index is 13.0. The summed E-state index contributed by atoms with van der Waals surface area (Å²) in [6.45, 7) is 3.75. The summed E-state index contributed by atoms with van der Waals surface area (Å²) >= 11 is 1.40. The van der Waals surface area contributed by atoms with E-state index in [1.54, 1.807) is 11.9 Å². The van der Waals surface area contributed by atoms with E-state index < -0.39 is 21.9 Å². The van der Waals surface area contributed by atoms with Gasteiger partial charge in [-0.2, -0.15) is 4.31 Å². The lowest BCUT2D eigenvalue weighted by atomic mass is 10.2. The highest BCUT2D eigenvalue weighted by molar-refractivity contribution is 8.00.